The van der Waals surface area contributed by atoms with Gasteiger partial charge in [-0.1, -0.05) is 23.4 Å². The molecule has 0 bridgehead atoms. The third-order valence-electron chi connectivity index (χ3n) is 3.46. The fourth-order valence-electron chi connectivity index (χ4n) is 2.38. The molecular weight excluding hydrogens is 316 g/mol. The molecule has 5 heteroatoms. The third kappa shape index (κ3) is 3.46. The molecule has 0 aliphatic heterocycles. The lowest BCUT2D eigenvalue weighted by Crippen LogP contribution is -1.90. The Morgan fingerprint density at radius 3 is 2.73 bits per heavy atom. The summed E-state index contributed by atoms with van der Waals surface area (Å²) in [7, 11) is 0. The molecule has 3 nitrogen and oxygen atoms in total. The van der Waals surface area contributed by atoms with Crippen LogP contribution in [0.5, 0.6) is 0 Å². The lowest BCUT2D eigenvalue weighted by atomic mass is 10.2. The number of pyridine rings is 1. The molecule has 0 radical (unpaired) electrons. The smallest absolute Gasteiger partial charge is 0.138 e. The van der Waals surface area contributed by atoms with Crippen LogP contribution >= 0.6 is 23.4 Å². The van der Waals surface area contributed by atoms with Gasteiger partial charge in [0.2, 0.25) is 0 Å². The Labute approximate surface area is 138 Å². The fraction of sp³-hybridized carbons (Fsp3) is 0.235. The number of unbranched alkanes of at least 4 members (excludes halogenated alkanes) is 1. The highest BCUT2D eigenvalue weighted by Gasteiger charge is 2.13. The van der Waals surface area contributed by atoms with E-state index in [0.29, 0.717) is 0 Å². The molecule has 0 atom stereocenters. The number of hydrogen-bond donors (Lipinski definition) is 2. The van der Waals surface area contributed by atoms with Gasteiger partial charge in [-0.3, -0.25) is 0 Å². The summed E-state index contributed by atoms with van der Waals surface area (Å²) in [5.41, 5.74) is 2.10. The topological polar surface area (TPSA) is 48.9 Å². The van der Waals surface area contributed by atoms with Crippen LogP contribution in [0.1, 0.15) is 18.5 Å². The first-order valence-corrected chi connectivity index (χ1v) is 8.47. The Hall–Kier alpha value is -1.49. The summed E-state index contributed by atoms with van der Waals surface area (Å²) in [6.45, 7) is 0.234. The zero-order valence-electron chi connectivity index (χ0n) is 12.1. The molecule has 2 heterocycles. The molecule has 0 spiro atoms. The van der Waals surface area contributed by atoms with E-state index in [2.05, 4.69) is 16.0 Å². The molecule has 0 aliphatic carbocycles. The Morgan fingerprint density at radius 2 is 1.95 bits per heavy atom. The van der Waals surface area contributed by atoms with Gasteiger partial charge in [-0.05, 0) is 55.7 Å². The molecule has 22 heavy (non-hydrogen) atoms. The number of aliphatic hydroxyl groups is 1. The van der Waals surface area contributed by atoms with Gasteiger partial charge in [0.25, 0.3) is 0 Å². The first-order chi connectivity index (χ1) is 10.8. The minimum Gasteiger partial charge on any atom is -0.396 e. The molecule has 1 aromatic carbocycles. The van der Waals surface area contributed by atoms with Gasteiger partial charge in [0.15, 0.2) is 0 Å². The van der Waals surface area contributed by atoms with E-state index in [9.17, 15) is 0 Å². The van der Waals surface area contributed by atoms with Crippen LogP contribution in [0.15, 0.2) is 52.4 Å². The second kappa shape index (κ2) is 7.18. The molecule has 3 aromatic rings. The normalized spacial score (nSPS) is 11.2. The lowest BCUT2D eigenvalue weighted by Gasteiger charge is -2.05. The number of aryl methyl sites for hydroxylation is 1. The van der Waals surface area contributed by atoms with E-state index in [1.807, 2.05) is 30.3 Å². The summed E-state index contributed by atoms with van der Waals surface area (Å²) in [5.74, 6) is 0. The SMILES string of the molecule is OCCCCc1[nH]c2ncccc2c1Sc1ccc(Cl)cc1. The summed E-state index contributed by atoms with van der Waals surface area (Å²) in [5, 5.41) is 10.9. The van der Waals surface area contributed by atoms with Crippen molar-refractivity contribution in [2.45, 2.75) is 29.1 Å². The van der Waals surface area contributed by atoms with Gasteiger partial charge in [-0.15, -0.1) is 0 Å². The van der Waals surface area contributed by atoms with E-state index in [0.717, 1.165) is 40.2 Å². The van der Waals surface area contributed by atoms with Crippen molar-refractivity contribution in [3.05, 3.63) is 53.3 Å². The number of nitrogens with zero attached hydrogens (tertiary/aromatic N) is 1. The first-order valence-electron chi connectivity index (χ1n) is 7.28. The van der Waals surface area contributed by atoms with E-state index in [-0.39, 0.29) is 6.61 Å². The van der Waals surface area contributed by atoms with E-state index in [1.54, 1.807) is 18.0 Å². The second-order valence-electron chi connectivity index (χ2n) is 5.07. The second-order valence-corrected chi connectivity index (χ2v) is 6.59. The predicted molar refractivity (Wildman–Crippen MR) is 91.7 cm³/mol. The van der Waals surface area contributed by atoms with Crippen molar-refractivity contribution >= 4 is 34.4 Å². The molecule has 3 rings (SSSR count). The number of benzene rings is 1. The number of aromatic amines is 1. The minimum atomic E-state index is 0.234. The van der Waals surface area contributed by atoms with Gasteiger partial charge in [-0.25, -0.2) is 4.98 Å². The van der Waals surface area contributed by atoms with Crippen molar-refractivity contribution in [2.24, 2.45) is 0 Å². The number of rotatable bonds is 6. The molecule has 0 fully saturated rings. The molecule has 0 saturated carbocycles. The average Bonchev–Trinajstić information content (AvgIpc) is 2.88. The van der Waals surface area contributed by atoms with Crippen LogP contribution in [0, 0.1) is 0 Å². The number of hydrogen-bond acceptors (Lipinski definition) is 3. The van der Waals surface area contributed by atoms with Gasteiger partial charge in [-0.2, -0.15) is 0 Å². The van der Waals surface area contributed by atoms with Gasteiger partial charge in [0, 0.05) is 38.7 Å². The van der Waals surface area contributed by atoms with E-state index < -0.39 is 0 Å². The largest absolute Gasteiger partial charge is 0.396 e. The van der Waals surface area contributed by atoms with E-state index in [4.69, 9.17) is 16.7 Å². The molecule has 0 unspecified atom stereocenters. The monoisotopic (exact) mass is 332 g/mol. The maximum Gasteiger partial charge on any atom is 0.138 e. The standard InChI is InChI=1S/C17H17ClN2OS/c18-12-6-8-13(9-7-12)22-16-14-4-3-10-19-17(14)20-15(16)5-1-2-11-21/h3-4,6-10,21H,1-2,5,11H2,(H,19,20). The van der Waals surface area contributed by atoms with Crippen LogP contribution in [0.3, 0.4) is 0 Å². The van der Waals surface area contributed by atoms with Crippen LogP contribution < -0.4 is 0 Å². The zero-order valence-corrected chi connectivity index (χ0v) is 13.6. The number of fused-ring (bicyclic) bond motifs is 1. The summed E-state index contributed by atoms with van der Waals surface area (Å²) in [4.78, 5) is 10.2. The van der Waals surface area contributed by atoms with Crippen molar-refractivity contribution in [1.29, 1.82) is 0 Å². The third-order valence-corrected chi connectivity index (χ3v) is 4.89. The van der Waals surface area contributed by atoms with Crippen LogP contribution in [-0.4, -0.2) is 21.7 Å². The Balaban J connectivity index is 1.94. The highest BCUT2D eigenvalue weighted by atomic mass is 35.5. The van der Waals surface area contributed by atoms with Gasteiger partial charge in [0.1, 0.15) is 5.65 Å². The zero-order chi connectivity index (χ0) is 15.4. The van der Waals surface area contributed by atoms with E-state index >= 15 is 0 Å². The van der Waals surface area contributed by atoms with Crippen LogP contribution in [0.25, 0.3) is 11.0 Å². The molecule has 0 saturated heterocycles. The van der Waals surface area contributed by atoms with Crippen molar-refractivity contribution in [3.8, 4) is 0 Å². The Bertz CT molecular complexity index is 755. The van der Waals surface area contributed by atoms with Gasteiger partial charge < -0.3 is 10.1 Å². The first kappa shape index (κ1) is 15.4. The number of H-pyrrole nitrogens is 1. The van der Waals surface area contributed by atoms with Crippen LogP contribution in [-0.2, 0) is 6.42 Å². The minimum absolute atomic E-state index is 0.234. The summed E-state index contributed by atoms with van der Waals surface area (Å²) >= 11 is 7.68. The summed E-state index contributed by atoms with van der Waals surface area (Å²) in [6.07, 6.45) is 4.48. The maximum absolute atomic E-state index is 8.97. The van der Waals surface area contributed by atoms with Crippen molar-refractivity contribution in [2.75, 3.05) is 6.61 Å². The molecular formula is C17H17ClN2OS. The maximum atomic E-state index is 8.97. The summed E-state index contributed by atoms with van der Waals surface area (Å²) < 4.78 is 0. The molecule has 114 valence electrons. The summed E-state index contributed by atoms with van der Waals surface area (Å²) in [6, 6.07) is 11.9. The molecule has 0 aliphatic rings. The molecule has 2 N–H and O–H groups in total. The Morgan fingerprint density at radius 1 is 1.14 bits per heavy atom. The number of nitrogens with one attached hydrogen (secondary N) is 1. The van der Waals surface area contributed by atoms with Crippen LogP contribution in [0.4, 0.5) is 0 Å². The lowest BCUT2D eigenvalue weighted by molar-refractivity contribution is 0.284. The van der Waals surface area contributed by atoms with Crippen LogP contribution in [0.2, 0.25) is 5.02 Å². The number of aromatic nitrogens is 2. The van der Waals surface area contributed by atoms with Gasteiger partial charge >= 0.3 is 0 Å². The van der Waals surface area contributed by atoms with Crippen molar-refractivity contribution in [3.63, 3.8) is 0 Å². The predicted octanol–water partition coefficient (Wildman–Crippen LogP) is 4.68. The quantitative estimate of drug-likeness (QED) is 0.644. The number of halogens is 1. The number of aliphatic hydroxyl groups excluding tert-OH is 1. The molecule has 2 aromatic heterocycles. The highest BCUT2D eigenvalue weighted by molar-refractivity contribution is 7.99. The van der Waals surface area contributed by atoms with Crippen molar-refractivity contribution < 1.29 is 5.11 Å². The Kier molecular flexibility index (Phi) is 5.03. The van der Waals surface area contributed by atoms with Gasteiger partial charge in [0.05, 0.1) is 0 Å². The highest BCUT2D eigenvalue weighted by Crippen LogP contribution is 2.37. The van der Waals surface area contributed by atoms with Crippen molar-refractivity contribution in [1.82, 2.24) is 9.97 Å². The van der Waals surface area contributed by atoms with E-state index in [1.165, 1.54) is 10.6 Å². The average molecular weight is 333 g/mol. The fourth-order valence-corrected chi connectivity index (χ4v) is 3.56. The molecule has 0 amide bonds.